The molecule has 1 rings (SSSR count). The molecule has 1 atom stereocenters. The van der Waals surface area contributed by atoms with Gasteiger partial charge in [-0.1, -0.05) is 0 Å². The molecule has 0 radical (unpaired) electrons. The first kappa shape index (κ1) is 10.5. The normalized spacial score (nSPS) is 12.9. The van der Waals surface area contributed by atoms with Gasteiger partial charge in [0, 0.05) is 18.0 Å². The van der Waals surface area contributed by atoms with Gasteiger partial charge in [-0.3, -0.25) is 9.78 Å². The number of rotatable bonds is 3. The molecule has 1 unspecified atom stereocenters. The van der Waals surface area contributed by atoms with E-state index < -0.39 is 18.4 Å². The van der Waals surface area contributed by atoms with Gasteiger partial charge in [0.15, 0.2) is 0 Å². The van der Waals surface area contributed by atoms with Crippen molar-refractivity contribution in [3.8, 4) is 0 Å². The van der Waals surface area contributed by atoms with E-state index >= 15 is 0 Å². The van der Waals surface area contributed by atoms with E-state index in [0.29, 0.717) is 0 Å². The number of aliphatic carboxylic acids is 1. The van der Waals surface area contributed by atoms with Crippen LogP contribution in [0.25, 0.3) is 0 Å². The largest absolute Gasteiger partial charge is 0.480 e. The topological polar surface area (TPSA) is 76.2 Å². The van der Waals surface area contributed by atoms with Crippen LogP contribution in [0.4, 0.5) is 8.78 Å². The van der Waals surface area contributed by atoms with Crippen LogP contribution in [0.2, 0.25) is 0 Å². The van der Waals surface area contributed by atoms with Gasteiger partial charge in [-0.2, -0.15) is 0 Å². The van der Waals surface area contributed by atoms with Crippen LogP contribution in [-0.4, -0.2) is 16.1 Å². The Balaban J connectivity index is 2.99. The monoisotopic (exact) mass is 202 g/mol. The minimum Gasteiger partial charge on any atom is -0.480 e. The molecular formula is C8H8F2N2O2. The molecule has 0 aromatic carbocycles. The molecule has 6 heteroatoms. The summed E-state index contributed by atoms with van der Waals surface area (Å²) < 4.78 is 24.4. The fourth-order valence-corrected chi connectivity index (χ4v) is 0.908. The van der Waals surface area contributed by atoms with E-state index in [4.69, 9.17) is 10.8 Å². The molecule has 0 bridgehead atoms. The van der Waals surface area contributed by atoms with E-state index in [1.54, 1.807) is 0 Å². The summed E-state index contributed by atoms with van der Waals surface area (Å²) in [5.74, 6) is -1.28. The quantitative estimate of drug-likeness (QED) is 0.769. The van der Waals surface area contributed by atoms with E-state index in [1.165, 1.54) is 0 Å². The summed E-state index contributed by atoms with van der Waals surface area (Å²) >= 11 is 0. The number of aromatic nitrogens is 1. The standard InChI is InChI=1S/C8H8F2N2O2/c9-7(10)5-1-4(2-12-3-5)6(11)8(13)14/h1-3,6-7H,11H2,(H,13,14). The van der Waals surface area contributed by atoms with Gasteiger partial charge in [0.05, 0.1) is 0 Å². The minimum atomic E-state index is -2.68. The zero-order chi connectivity index (χ0) is 10.7. The molecule has 1 heterocycles. The van der Waals surface area contributed by atoms with Crippen molar-refractivity contribution in [2.75, 3.05) is 0 Å². The lowest BCUT2D eigenvalue weighted by molar-refractivity contribution is -0.138. The molecule has 76 valence electrons. The Bertz CT molecular complexity index is 344. The van der Waals surface area contributed by atoms with Crippen LogP contribution in [0.1, 0.15) is 23.6 Å². The Hall–Kier alpha value is -1.56. The molecule has 1 aromatic heterocycles. The van der Waals surface area contributed by atoms with Gasteiger partial charge in [-0.05, 0) is 11.6 Å². The van der Waals surface area contributed by atoms with E-state index in [9.17, 15) is 13.6 Å². The third-order valence-corrected chi connectivity index (χ3v) is 1.66. The van der Waals surface area contributed by atoms with Gasteiger partial charge < -0.3 is 10.8 Å². The Morgan fingerprint density at radius 2 is 2.00 bits per heavy atom. The van der Waals surface area contributed by atoms with Gasteiger partial charge in [-0.15, -0.1) is 0 Å². The maximum Gasteiger partial charge on any atom is 0.325 e. The van der Waals surface area contributed by atoms with E-state index in [2.05, 4.69) is 4.98 Å². The van der Waals surface area contributed by atoms with Gasteiger partial charge in [0.1, 0.15) is 6.04 Å². The number of alkyl halides is 2. The summed E-state index contributed by atoms with van der Waals surface area (Å²) in [7, 11) is 0. The van der Waals surface area contributed by atoms with Crippen LogP contribution in [0.3, 0.4) is 0 Å². The summed E-state index contributed by atoms with van der Waals surface area (Å²) in [4.78, 5) is 13.9. The number of carboxylic acid groups (broad SMARTS) is 1. The van der Waals surface area contributed by atoms with Crippen molar-refractivity contribution in [2.45, 2.75) is 12.5 Å². The smallest absolute Gasteiger partial charge is 0.325 e. The molecule has 3 N–H and O–H groups in total. The lowest BCUT2D eigenvalue weighted by atomic mass is 10.1. The third kappa shape index (κ3) is 2.23. The van der Waals surface area contributed by atoms with Crippen molar-refractivity contribution in [2.24, 2.45) is 5.73 Å². The number of carbonyl (C=O) groups is 1. The van der Waals surface area contributed by atoms with Crippen LogP contribution >= 0.6 is 0 Å². The molecule has 0 saturated heterocycles. The van der Waals surface area contributed by atoms with Gasteiger partial charge in [-0.25, -0.2) is 8.78 Å². The van der Waals surface area contributed by atoms with Gasteiger partial charge in [0.2, 0.25) is 0 Å². The number of nitrogens with zero attached hydrogens (tertiary/aromatic N) is 1. The van der Waals surface area contributed by atoms with E-state index in [1.807, 2.05) is 0 Å². The fourth-order valence-electron chi connectivity index (χ4n) is 0.908. The van der Waals surface area contributed by atoms with Gasteiger partial charge in [0.25, 0.3) is 6.43 Å². The van der Waals surface area contributed by atoms with Crippen molar-refractivity contribution in [1.82, 2.24) is 4.98 Å². The second-order valence-corrected chi connectivity index (χ2v) is 2.67. The summed E-state index contributed by atoms with van der Waals surface area (Å²) in [6.07, 6.45) is -0.545. The van der Waals surface area contributed by atoms with Crippen LogP contribution in [-0.2, 0) is 4.79 Å². The van der Waals surface area contributed by atoms with Crippen molar-refractivity contribution in [1.29, 1.82) is 0 Å². The second-order valence-electron chi connectivity index (χ2n) is 2.67. The van der Waals surface area contributed by atoms with Crippen molar-refractivity contribution in [3.63, 3.8) is 0 Å². The highest BCUT2D eigenvalue weighted by atomic mass is 19.3. The Kier molecular flexibility index (Phi) is 3.08. The van der Waals surface area contributed by atoms with Crippen LogP contribution in [0.15, 0.2) is 18.5 Å². The van der Waals surface area contributed by atoms with E-state index in [0.717, 1.165) is 18.5 Å². The first-order valence-corrected chi connectivity index (χ1v) is 3.73. The average Bonchev–Trinajstić information content (AvgIpc) is 2.16. The van der Waals surface area contributed by atoms with Crippen molar-refractivity contribution >= 4 is 5.97 Å². The molecule has 1 aromatic rings. The molecule has 0 aliphatic rings. The average molecular weight is 202 g/mol. The molecule has 0 amide bonds. The molecule has 0 aliphatic heterocycles. The number of hydrogen-bond acceptors (Lipinski definition) is 3. The minimum absolute atomic E-state index is 0.0651. The maximum absolute atomic E-state index is 12.2. The van der Waals surface area contributed by atoms with Crippen LogP contribution < -0.4 is 5.73 Å². The summed E-state index contributed by atoms with van der Waals surface area (Å²) in [6.45, 7) is 0. The molecule has 14 heavy (non-hydrogen) atoms. The molecular weight excluding hydrogens is 194 g/mol. The highest BCUT2D eigenvalue weighted by molar-refractivity contribution is 5.75. The Labute approximate surface area is 78.4 Å². The van der Waals surface area contributed by atoms with Crippen LogP contribution in [0.5, 0.6) is 0 Å². The number of hydrogen-bond donors (Lipinski definition) is 2. The molecule has 0 spiro atoms. The van der Waals surface area contributed by atoms with Gasteiger partial charge >= 0.3 is 5.97 Å². The highest BCUT2D eigenvalue weighted by Crippen LogP contribution is 2.20. The van der Waals surface area contributed by atoms with Crippen LogP contribution in [0, 0.1) is 0 Å². The zero-order valence-corrected chi connectivity index (χ0v) is 7.02. The molecule has 4 nitrogen and oxygen atoms in total. The summed E-state index contributed by atoms with van der Waals surface area (Å²) in [6, 6.07) is -0.280. The second kappa shape index (κ2) is 4.10. The molecule has 0 saturated carbocycles. The first-order valence-electron chi connectivity index (χ1n) is 3.73. The third-order valence-electron chi connectivity index (χ3n) is 1.66. The first-order chi connectivity index (χ1) is 6.52. The SMILES string of the molecule is NC(C(=O)O)c1cncc(C(F)F)c1. The highest BCUT2D eigenvalue weighted by Gasteiger charge is 2.16. The summed E-state index contributed by atoms with van der Waals surface area (Å²) in [5.41, 5.74) is 4.95. The lowest BCUT2D eigenvalue weighted by Crippen LogP contribution is -2.20. The predicted octanol–water partition coefficient (Wildman–Crippen LogP) is 1.10. The zero-order valence-electron chi connectivity index (χ0n) is 7.02. The number of carboxylic acids is 1. The number of nitrogens with two attached hydrogens (primary N) is 1. The predicted molar refractivity (Wildman–Crippen MR) is 43.8 cm³/mol. The summed E-state index contributed by atoms with van der Waals surface area (Å²) in [5, 5.41) is 8.52. The number of halogens is 2. The Morgan fingerprint density at radius 3 is 2.50 bits per heavy atom. The van der Waals surface area contributed by atoms with Crippen molar-refractivity contribution in [3.05, 3.63) is 29.6 Å². The fraction of sp³-hybridized carbons (Fsp3) is 0.250. The molecule has 0 aliphatic carbocycles. The molecule has 0 fully saturated rings. The number of pyridine rings is 1. The Morgan fingerprint density at radius 1 is 1.43 bits per heavy atom. The maximum atomic E-state index is 12.2. The van der Waals surface area contributed by atoms with E-state index in [-0.39, 0.29) is 11.1 Å². The van der Waals surface area contributed by atoms with Crippen molar-refractivity contribution < 1.29 is 18.7 Å². The lowest BCUT2D eigenvalue weighted by Gasteiger charge is -2.07.